The van der Waals surface area contributed by atoms with E-state index in [1.165, 1.54) is 44.9 Å². The van der Waals surface area contributed by atoms with E-state index in [1.807, 2.05) is 0 Å². The van der Waals surface area contributed by atoms with E-state index in [-0.39, 0.29) is 18.8 Å². The molecule has 3 unspecified atom stereocenters. The van der Waals surface area contributed by atoms with E-state index >= 15 is 0 Å². The fraction of sp³-hybridized carbons (Fsp3) is 0.952. The van der Waals surface area contributed by atoms with Gasteiger partial charge in [-0.2, -0.15) is 0 Å². The third-order valence-corrected chi connectivity index (χ3v) is 7.38. The molecule has 0 spiro atoms. The van der Waals surface area contributed by atoms with Crippen LogP contribution in [0.1, 0.15) is 84.0 Å². The van der Waals surface area contributed by atoms with Crippen molar-refractivity contribution >= 4 is 0 Å². The highest BCUT2D eigenvalue weighted by molar-refractivity contribution is 5.02. The molecule has 0 saturated heterocycles. The van der Waals surface area contributed by atoms with Crippen LogP contribution in [-0.4, -0.2) is 18.6 Å². The van der Waals surface area contributed by atoms with Crippen molar-refractivity contribution < 1.29 is 22.3 Å². The Morgan fingerprint density at radius 2 is 1.50 bits per heavy atom. The van der Waals surface area contributed by atoms with Crippen LogP contribution in [0.2, 0.25) is 0 Å². The molecule has 1 radical (unpaired) electrons. The van der Waals surface area contributed by atoms with Crippen molar-refractivity contribution in [1.82, 2.24) is 0 Å². The maximum atomic E-state index is 14.2. The lowest BCUT2D eigenvalue weighted by atomic mass is 9.65. The molecular formula is C21H33F4O. The number of ether oxygens (including phenoxy) is 1. The van der Waals surface area contributed by atoms with Gasteiger partial charge in [-0.3, -0.25) is 4.74 Å². The molecule has 5 heteroatoms. The topological polar surface area (TPSA) is 9.23 Å². The fourth-order valence-electron chi connectivity index (χ4n) is 5.71. The van der Waals surface area contributed by atoms with Crippen LogP contribution < -0.4 is 0 Å². The Bertz CT molecular complexity index is 422. The summed E-state index contributed by atoms with van der Waals surface area (Å²) in [5.74, 6) is 4.14. The lowest BCUT2D eigenvalue weighted by molar-refractivity contribution is -0.352. The molecule has 1 nitrogen and oxygen atoms in total. The van der Waals surface area contributed by atoms with Crippen LogP contribution >= 0.6 is 0 Å². The highest BCUT2D eigenvalue weighted by Crippen LogP contribution is 2.47. The first-order valence-electron chi connectivity index (χ1n) is 10.6. The average molecular weight is 377 g/mol. The molecule has 3 aliphatic rings. The quantitative estimate of drug-likeness (QED) is 0.479. The predicted octanol–water partition coefficient (Wildman–Crippen LogP) is 7.01. The second-order valence-electron chi connectivity index (χ2n) is 8.81. The average Bonchev–Trinajstić information content (AvgIpc) is 2.63. The summed E-state index contributed by atoms with van der Waals surface area (Å²) in [4.78, 5) is 0. The molecule has 3 rings (SSSR count). The zero-order chi connectivity index (χ0) is 18.7. The first-order valence-corrected chi connectivity index (χ1v) is 10.6. The summed E-state index contributed by atoms with van der Waals surface area (Å²) in [6, 6.07) is 0. The van der Waals surface area contributed by atoms with Gasteiger partial charge in [-0.25, -0.2) is 4.39 Å². The summed E-state index contributed by atoms with van der Waals surface area (Å²) in [7, 11) is 0. The van der Waals surface area contributed by atoms with Gasteiger partial charge in [0.15, 0.2) is 0 Å². The highest BCUT2D eigenvalue weighted by Gasteiger charge is 2.42. The van der Waals surface area contributed by atoms with Crippen molar-refractivity contribution in [2.24, 2.45) is 23.7 Å². The standard InChI is InChI=1S/C21H33F4O/c1-2-14-3-5-15(6-4-14)16-7-9-17(10-8-16)18-11-12-20(19(22)13-18)26-21(23,24)25/h14,16-20H,2-13H2,1H3. The van der Waals surface area contributed by atoms with Gasteiger partial charge in [0.2, 0.25) is 0 Å². The van der Waals surface area contributed by atoms with E-state index in [4.69, 9.17) is 0 Å². The van der Waals surface area contributed by atoms with Gasteiger partial charge in [0.25, 0.3) is 0 Å². The Hall–Kier alpha value is -0.320. The van der Waals surface area contributed by atoms with Gasteiger partial charge < -0.3 is 0 Å². The van der Waals surface area contributed by atoms with Crippen LogP contribution in [0.3, 0.4) is 0 Å². The van der Waals surface area contributed by atoms with Gasteiger partial charge in [0.05, 0.1) is 6.10 Å². The molecule has 0 heterocycles. The largest absolute Gasteiger partial charge is 0.522 e. The number of rotatable bonds is 4. The summed E-state index contributed by atoms with van der Waals surface area (Å²) in [5.41, 5.74) is 0. The van der Waals surface area contributed by atoms with Gasteiger partial charge in [0, 0.05) is 0 Å². The summed E-state index contributed by atoms with van der Waals surface area (Å²) in [5, 5.41) is 0. The molecule has 0 N–H and O–H groups in total. The van der Waals surface area contributed by atoms with Crippen LogP contribution in [0.25, 0.3) is 0 Å². The van der Waals surface area contributed by atoms with Crippen molar-refractivity contribution in [2.75, 3.05) is 0 Å². The number of hydrogen-bond donors (Lipinski definition) is 0. The van der Waals surface area contributed by atoms with E-state index in [2.05, 4.69) is 11.7 Å². The summed E-state index contributed by atoms with van der Waals surface area (Å²) in [6.45, 7) is 2.29. The molecule has 0 aliphatic heterocycles. The predicted molar refractivity (Wildman–Crippen MR) is 94.1 cm³/mol. The Balaban J connectivity index is 1.41. The van der Waals surface area contributed by atoms with Gasteiger partial charge in [-0.1, -0.05) is 13.3 Å². The highest BCUT2D eigenvalue weighted by atomic mass is 19.4. The molecule has 3 aliphatic carbocycles. The minimum atomic E-state index is -4.73. The maximum Gasteiger partial charge on any atom is 0.522 e. The smallest absolute Gasteiger partial charge is 0.286 e. The fourth-order valence-corrected chi connectivity index (χ4v) is 5.71. The molecule has 3 saturated carbocycles. The SMILES string of the molecule is CCC1CC[C](C2CCC(C3CCC(OC(F)(F)F)C(F)C3)CC2)CC1. The minimum absolute atomic E-state index is 0.195. The monoisotopic (exact) mass is 377 g/mol. The van der Waals surface area contributed by atoms with Crippen molar-refractivity contribution in [3.63, 3.8) is 0 Å². The maximum absolute atomic E-state index is 14.2. The molecule has 0 aromatic rings. The Morgan fingerprint density at radius 3 is 2.04 bits per heavy atom. The first-order chi connectivity index (χ1) is 12.4. The molecule has 0 aromatic carbocycles. The van der Waals surface area contributed by atoms with Crippen LogP contribution in [-0.2, 0) is 4.74 Å². The summed E-state index contributed by atoms with van der Waals surface area (Å²) in [6.07, 6.45) is 4.81. The molecule has 3 atom stereocenters. The van der Waals surface area contributed by atoms with Gasteiger partial charge in [-0.05, 0) is 100 Å². The zero-order valence-corrected chi connectivity index (χ0v) is 15.9. The van der Waals surface area contributed by atoms with E-state index < -0.39 is 18.6 Å². The minimum Gasteiger partial charge on any atom is -0.286 e. The number of alkyl halides is 4. The molecule has 3 fully saturated rings. The molecule has 0 bridgehead atoms. The van der Waals surface area contributed by atoms with Gasteiger partial charge in [-0.15, -0.1) is 13.2 Å². The van der Waals surface area contributed by atoms with E-state index in [1.54, 1.807) is 5.92 Å². The Morgan fingerprint density at radius 1 is 0.885 bits per heavy atom. The first kappa shape index (κ1) is 20.4. The van der Waals surface area contributed by atoms with Crippen LogP contribution in [0, 0.1) is 29.6 Å². The molecule has 151 valence electrons. The molecule has 26 heavy (non-hydrogen) atoms. The van der Waals surface area contributed by atoms with E-state index in [0.29, 0.717) is 12.3 Å². The second kappa shape index (κ2) is 8.79. The van der Waals surface area contributed by atoms with Crippen molar-refractivity contribution in [3.8, 4) is 0 Å². The summed E-state index contributed by atoms with van der Waals surface area (Å²) >= 11 is 0. The summed E-state index contributed by atoms with van der Waals surface area (Å²) < 4.78 is 55.2. The molecule has 0 aromatic heterocycles. The van der Waals surface area contributed by atoms with Crippen molar-refractivity contribution in [2.45, 2.75) is 103 Å². The second-order valence-corrected chi connectivity index (χ2v) is 8.81. The molecular weight excluding hydrogens is 344 g/mol. The van der Waals surface area contributed by atoms with Crippen molar-refractivity contribution in [3.05, 3.63) is 5.92 Å². The van der Waals surface area contributed by atoms with E-state index in [0.717, 1.165) is 24.7 Å². The zero-order valence-electron chi connectivity index (χ0n) is 15.9. The lowest BCUT2D eigenvalue weighted by Gasteiger charge is -2.41. The number of hydrogen-bond acceptors (Lipinski definition) is 1. The normalized spacial score (nSPS) is 38.4. The van der Waals surface area contributed by atoms with Crippen LogP contribution in [0.5, 0.6) is 0 Å². The Labute approximate surface area is 155 Å². The third kappa shape index (κ3) is 5.36. The van der Waals surface area contributed by atoms with E-state index in [9.17, 15) is 17.6 Å². The van der Waals surface area contributed by atoms with Gasteiger partial charge in [0.1, 0.15) is 6.17 Å². The third-order valence-electron chi connectivity index (χ3n) is 7.38. The van der Waals surface area contributed by atoms with Crippen LogP contribution in [0.4, 0.5) is 17.6 Å². The Kier molecular flexibility index (Phi) is 6.90. The van der Waals surface area contributed by atoms with Crippen molar-refractivity contribution in [1.29, 1.82) is 0 Å². The van der Waals surface area contributed by atoms with Crippen LogP contribution in [0.15, 0.2) is 0 Å². The van der Waals surface area contributed by atoms with Gasteiger partial charge >= 0.3 is 6.36 Å². The lowest BCUT2D eigenvalue weighted by Crippen LogP contribution is -2.39. The molecule has 0 amide bonds. The number of halogens is 4.